The predicted octanol–water partition coefficient (Wildman–Crippen LogP) is 7.90. The molecule has 3 N–H and O–H groups in total. The van der Waals surface area contributed by atoms with E-state index in [0.29, 0.717) is 0 Å². The summed E-state index contributed by atoms with van der Waals surface area (Å²) in [7, 11) is 6.32. The Balaban J connectivity index is 0.000000189. The number of benzene rings is 3. The summed E-state index contributed by atoms with van der Waals surface area (Å²) in [6.07, 6.45) is 2.78. The molecule has 3 aliphatic heterocycles. The van der Waals surface area contributed by atoms with E-state index in [1.165, 1.54) is 0 Å². The highest BCUT2D eigenvalue weighted by Crippen LogP contribution is 2.40. The molecule has 0 aromatic heterocycles. The fourth-order valence-corrected chi connectivity index (χ4v) is 8.57. The lowest BCUT2D eigenvalue weighted by Gasteiger charge is -2.42. The molecule has 0 saturated carbocycles. The number of hydrogen-bond donors (Lipinski definition) is 3. The molecule has 0 unspecified atom stereocenters. The molecule has 3 heterocycles. The molecule has 9 nitrogen and oxygen atoms in total. The van der Waals surface area contributed by atoms with Crippen molar-refractivity contribution in [1.82, 2.24) is 14.7 Å². The SMILES string of the molecule is CC(C)Oc1cccc([C@@]2(O)CCN(C)C[C@@H]2C)c1.CC(C)Oc1cccc([C@@]2(O)CCN(C)C[C@@H]2C)c1.CC(C)Oc1cccc([C@]2(O)CCN(C)C[C@@H]2C)c1. The van der Waals surface area contributed by atoms with Gasteiger partial charge in [0.1, 0.15) is 17.2 Å². The summed E-state index contributed by atoms with van der Waals surface area (Å²) >= 11 is 0. The Labute approximate surface area is 344 Å². The largest absolute Gasteiger partial charge is 0.491 e. The molecule has 6 atom stereocenters. The van der Waals surface area contributed by atoms with Crippen molar-refractivity contribution >= 4 is 0 Å². The van der Waals surface area contributed by atoms with Gasteiger partial charge in [-0.15, -0.1) is 0 Å². The second-order valence-electron chi connectivity index (χ2n) is 18.1. The molecule has 3 fully saturated rings. The number of hydrogen-bond acceptors (Lipinski definition) is 9. The number of piperidine rings is 3. The van der Waals surface area contributed by atoms with Crippen LogP contribution in [0.2, 0.25) is 0 Å². The number of rotatable bonds is 9. The summed E-state index contributed by atoms with van der Waals surface area (Å²) in [5.41, 5.74) is 0.734. The van der Waals surface area contributed by atoms with Crippen LogP contribution in [0.4, 0.5) is 0 Å². The molecule has 0 aliphatic carbocycles. The first-order valence-corrected chi connectivity index (χ1v) is 21.3. The van der Waals surface area contributed by atoms with E-state index in [2.05, 4.69) is 56.6 Å². The molecule has 3 aromatic rings. The highest BCUT2D eigenvalue weighted by atomic mass is 16.5. The summed E-state index contributed by atoms with van der Waals surface area (Å²) in [4.78, 5) is 6.81. The van der Waals surface area contributed by atoms with Crippen molar-refractivity contribution in [2.45, 2.75) is 117 Å². The van der Waals surface area contributed by atoms with Crippen molar-refractivity contribution in [1.29, 1.82) is 0 Å². The molecule has 3 aromatic carbocycles. The summed E-state index contributed by atoms with van der Waals surface area (Å²) in [5, 5.41) is 33.0. The normalized spacial score (nSPS) is 28.6. The molecule has 0 bridgehead atoms. The van der Waals surface area contributed by atoms with E-state index in [0.717, 1.165) is 92.5 Å². The monoisotopic (exact) mass is 790 g/mol. The fraction of sp³-hybridized carbons (Fsp3) is 0.625. The van der Waals surface area contributed by atoms with Crippen LogP contribution in [-0.4, -0.2) is 109 Å². The molecule has 3 saturated heterocycles. The molecule has 318 valence electrons. The van der Waals surface area contributed by atoms with E-state index in [4.69, 9.17) is 14.2 Å². The maximum Gasteiger partial charge on any atom is 0.120 e. The molecule has 0 amide bonds. The maximum atomic E-state index is 11.0. The third kappa shape index (κ3) is 12.4. The van der Waals surface area contributed by atoms with Crippen LogP contribution in [0.15, 0.2) is 72.8 Å². The smallest absolute Gasteiger partial charge is 0.120 e. The van der Waals surface area contributed by atoms with E-state index >= 15 is 0 Å². The van der Waals surface area contributed by atoms with Gasteiger partial charge in [0, 0.05) is 57.0 Å². The fourth-order valence-electron chi connectivity index (χ4n) is 8.57. The van der Waals surface area contributed by atoms with Crippen LogP contribution >= 0.6 is 0 Å². The lowest BCUT2D eigenvalue weighted by Crippen LogP contribution is -2.47. The molecule has 3 aliphatic rings. The summed E-state index contributed by atoms with van der Waals surface area (Å²) in [6, 6.07) is 23.7. The van der Waals surface area contributed by atoms with Gasteiger partial charge in [-0.2, -0.15) is 0 Å². The van der Waals surface area contributed by atoms with Crippen molar-refractivity contribution in [3.63, 3.8) is 0 Å². The lowest BCUT2D eigenvalue weighted by molar-refractivity contribution is -0.0662. The maximum absolute atomic E-state index is 11.0. The van der Waals surface area contributed by atoms with Gasteiger partial charge < -0.3 is 44.2 Å². The quantitative estimate of drug-likeness (QED) is 0.200. The summed E-state index contributed by atoms with van der Waals surface area (Å²) < 4.78 is 17.2. The minimum atomic E-state index is -0.733. The van der Waals surface area contributed by atoms with Gasteiger partial charge in [-0.1, -0.05) is 57.2 Å². The Hall–Kier alpha value is -3.18. The van der Waals surface area contributed by atoms with Crippen LogP contribution in [0.1, 0.15) is 98.3 Å². The van der Waals surface area contributed by atoms with Gasteiger partial charge in [0.2, 0.25) is 0 Å². The van der Waals surface area contributed by atoms with E-state index in [1.807, 2.05) is 114 Å². The molecule has 0 spiro atoms. The van der Waals surface area contributed by atoms with Crippen molar-refractivity contribution < 1.29 is 29.5 Å². The van der Waals surface area contributed by atoms with Gasteiger partial charge in [-0.25, -0.2) is 0 Å². The Morgan fingerprint density at radius 2 is 0.719 bits per heavy atom. The zero-order valence-corrected chi connectivity index (χ0v) is 37.2. The molecule has 9 heteroatoms. The molecular formula is C48H75N3O6. The first-order chi connectivity index (χ1) is 26.7. The Morgan fingerprint density at radius 3 is 0.930 bits per heavy atom. The van der Waals surface area contributed by atoms with Crippen molar-refractivity contribution in [2.24, 2.45) is 17.8 Å². The number of ether oxygens (including phenoxy) is 3. The highest BCUT2D eigenvalue weighted by Gasteiger charge is 2.41. The third-order valence-electron chi connectivity index (χ3n) is 11.9. The van der Waals surface area contributed by atoms with Crippen LogP contribution in [-0.2, 0) is 16.8 Å². The average Bonchev–Trinajstić information content (AvgIpc) is 3.13. The number of aliphatic hydroxyl groups is 3. The molecule has 6 rings (SSSR count). The summed E-state index contributed by atoms with van der Waals surface area (Å²) in [5.74, 6) is 3.19. The van der Waals surface area contributed by atoms with Gasteiger partial charge in [-0.3, -0.25) is 0 Å². The van der Waals surface area contributed by atoms with Gasteiger partial charge in [-0.05, 0) is 135 Å². The van der Waals surface area contributed by atoms with Gasteiger partial charge in [0.05, 0.1) is 35.1 Å². The van der Waals surface area contributed by atoms with E-state index in [9.17, 15) is 15.3 Å². The zero-order chi connectivity index (χ0) is 42.1. The van der Waals surface area contributed by atoms with Gasteiger partial charge in [0.15, 0.2) is 0 Å². The van der Waals surface area contributed by atoms with Crippen LogP contribution in [0.5, 0.6) is 17.2 Å². The topological polar surface area (TPSA) is 98.1 Å². The average molecular weight is 790 g/mol. The van der Waals surface area contributed by atoms with E-state index < -0.39 is 16.8 Å². The lowest BCUT2D eigenvalue weighted by atomic mass is 9.77. The van der Waals surface area contributed by atoms with Crippen LogP contribution in [0, 0.1) is 17.8 Å². The molecular weight excluding hydrogens is 715 g/mol. The standard InChI is InChI=1S/3C16H25NO2/c3*1-12(2)19-15-7-5-6-14(10-15)16(18)8-9-17(4)11-13(16)3/h3*5-7,10,12-13,18H,8-9,11H2,1-4H3/t2*13-,16+;13-,16-/m000/s1. The minimum absolute atomic E-state index is 0.153. The second kappa shape index (κ2) is 20.2. The first-order valence-electron chi connectivity index (χ1n) is 21.3. The predicted molar refractivity (Wildman–Crippen MR) is 232 cm³/mol. The molecule has 57 heavy (non-hydrogen) atoms. The van der Waals surface area contributed by atoms with Crippen LogP contribution in [0.3, 0.4) is 0 Å². The number of likely N-dealkylation sites (tertiary alicyclic amines) is 3. The molecule has 0 radical (unpaired) electrons. The Kier molecular flexibility index (Phi) is 16.5. The Bertz CT molecular complexity index is 1490. The van der Waals surface area contributed by atoms with Gasteiger partial charge in [0.25, 0.3) is 0 Å². The van der Waals surface area contributed by atoms with E-state index in [1.54, 1.807) is 0 Å². The number of nitrogens with zero attached hydrogens (tertiary/aromatic N) is 3. The highest BCUT2D eigenvalue weighted by molar-refractivity contribution is 5.35. The first kappa shape index (κ1) is 46.5. The second-order valence-corrected chi connectivity index (χ2v) is 18.1. The van der Waals surface area contributed by atoms with E-state index in [-0.39, 0.29) is 36.1 Å². The van der Waals surface area contributed by atoms with Crippen LogP contribution in [0.25, 0.3) is 0 Å². The third-order valence-corrected chi connectivity index (χ3v) is 11.9. The Morgan fingerprint density at radius 1 is 0.474 bits per heavy atom. The van der Waals surface area contributed by atoms with Crippen molar-refractivity contribution in [2.75, 3.05) is 60.4 Å². The van der Waals surface area contributed by atoms with Crippen molar-refractivity contribution in [3.05, 3.63) is 89.5 Å². The van der Waals surface area contributed by atoms with Gasteiger partial charge >= 0.3 is 0 Å². The summed E-state index contributed by atoms with van der Waals surface area (Å²) in [6.45, 7) is 24.0. The van der Waals surface area contributed by atoms with Crippen molar-refractivity contribution in [3.8, 4) is 17.2 Å². The zero-order valence-electron chi connectivity index (χ0n) is 37.2. The van der Waals surface area contributed by atoms with Crippen LogP contribution < -0.4 is 14.2 Å². The minimum Gasteiger partial charge on any atom is -0.491 e.